The van der Waals surface area contributed by atoms with Crippen molar-refractivity contribution in [3.8, 4) is 0 Å². The second-order valence-corrected chi connectivity index (χ2v) is 7.39. The van der Waals surface area contributed by atoms with Crippen molar-refractivity contribution in [1.82, 2.24) is 4.98 Å². The predicted molar refractivity (Wildman–Crippen MR) is 94.3 cm³/mol. The number of carbonyl (C=O) groups excluding carboxylic acids is 2. The number of anilines is 2. The summed E-state index contributed by atoms with van der Waals surface area (Å²) < 4.78 is 0. The molecule has 0 aliphatic rings. The fraction of sp³-hybridized carbons (Fsp3) is 0.353. The molecule has 6 heteroatoms. The monoisotopic (exact) mass is 331 g/mol. The quantitative estimate of drug-likeness (QED) is 0.933. The maximum absolute atomic E-state index is 12.3. The molecule has 2 aromatic rings. The number of nitrogens with one attached hydrogen (secondary N) is 1. The summed E-state index contributed by atoms with van der Waals surface area (Å²) in [5.74, 6) is -0.216. The Morgan fingerprint density at radius 2 is 1.78 bits per heavy atom. The van der Waals surface area contributed by atoms with E-state index in [0.717, 1.165) is 10.7 Å². The van der Waals surface area contributed by atoms with Crippen molar-refractivity contribution in [2.45, 2.75) is 33.1 Å². The van der Waals surface area contributed by atoms with Crippen LogP contribution in [0.5, 0.6) is 0 Å². The van der Waals surface area contributed by atoms with Crippen LogP contribution in [0.3, 0.4) is 0 Å². The highest BCUT2D eigenvalue weighted by molar-refractivity contribution is 7.13. The van der Waals surface area contributed by atoms with Crippen LogP contribution in [-0.2, 0) is 10.2 Å². The minimum atomic E-state index is -0.175. The van der Waals surface area contributed by atoms with Crippen LogP contribution >= 0.6 is 11.3 Å². The first-order valence-electron chi connectivity index (χ1n) is 7.30. The molecule has 122 valence electrons. The van der Waals surface area contributed by atoms with Crippen LogP contribution in [0.25, 0.3) is 0 Å². The van der Waals surface area contributed by atoms with Crippen molar-refractivity contribution >= 4 is 34.5 Å². The molecule has 0 aliphatic heterocycles. The Labute approximate surface area is 140 Å². The summed E-state index contributed by atoms with van der Waals surface area (Å²) in [6.07, 6.45) is 1.61. The Bertz CT molecular complexity index is 714. The smallest absolute Gasteiger partial charge is 0.267 e. The standard InChI is InChI=1S/C17H21N3O2S/c1-11(21)20(5)13-8-6-12(7-9-13)19-15(22)14-10-18-16(23-14)17(2,3)4/h6-10H,1-5H3,(H,19,22). The van der Waals surface area contributed by atoms with Gasteiger partial charge in [-0.1, -0.05) is 20.8 Å². The van der Waals surface area contributed by atoms with Gasteiger partial charge in [-0.3, -0.25) is 9.59 Å². The summed E-state index contributed by atoms with van der Waals surface area (Å²) in [5.41, 5.74) is 1.40. The first-order chi connectivity index (χ1) is 10.7. The molecule has 0 radical (unpaired) electrons. The van der Waals surface area contributed by atoms with Crippen molar-refractivity contribution in [3.05, 3.63) is 40.3 Å². The first kappa shape index (κ1) is 17.1. The number of hydrogen-bond donors (Lipinski definition) is 1. The molecule has 1 heterocycles. The minimum Gasteiger partial charge on any atom is -0.321 e. The first-order valence-corrected chi connectivity index (χ1v) is 8.12. The van der Waals surface area contributed by atoms with E-state index < -0.39 is 0 Å². The third kappa shape index (κ3) is 4.16. The molecule has 0 atom stereocenters. The molecule has 0 unspecified atom stereocenters. The highest BCUT2D eigenvalue weighted by atomic mass is 32.1. The highest BCUT2D eigenvalue weighted by Gasteiger charge is 2.20. The topological polar surface area (TPSA) is 62.3 Å². The maximum atomic E-state index is 12.3. The third-order valence-corrected chi connectivity index (χ3v) is 4.78. The van der Waals surface area contributed by atoms with E-state index in [1.54, 1.807) is 42.4 Å². The van der Waals surface area contributed by atoms with E-state index in [4.69, 9.17) is 0 Å². The van der Waals surface area contributed by atoms with Crippen LogP contribution in [0.4, 0.5) is 11.4 Å². The zero-order valence-corrected chi connectivity index (χ0v) is 14.8. The summed E-state index contributed by atoms with van der Waals surface area (Å²) in [7, 11) is 1.71. The lowest BCUT2D eigenvalue weighted by Gasteiger charge is -2.15. The molecule has 0 bridgehead atoms. The number of amides is 2. The molecular formula is C17H21N3O2S. The number of nitrogens with zero attached hydrogens (tertiary/aromatic N) is 2. The van der Waals surface area contributed by atoms with Crippen LogP contribution in [0.15, 0.2) is 30.5 Å². The van der Waals surface area contributed by atoms with Gasteiger partial charge in [0.05, 0.1) is 11.2 Å². The van der Waals surface area contributed by atoms with E-state index in [0.29, 0.717) is 10.6 Å². The Kier molecular flexibility index (Phi) is 4.85. The average Bonchev–Trinajstić information content (AvgIpc) is 2.97. The van der Waals surface area contributed by atoms with Gasteiger partial charge in [0.2, 0.25) is 5.91 Å². The number of rotatable bonds is 3. The molecule has 0 saturated heterocycles. The normalized spacial score (nSPS) is 11.2. The van der Waals surface area contributed by atoms with E-state index in [9.17, 15) is 9.59 Å². The average molecular weight is 331 g/mol. The summed E-state index contributed by atoms with van der Waals surface area (Å²) in [6, 6.07) is 7.14. The lowest BCUT2D eigenvalue weighted by Crippen LogP contribution is -2.22. The van der Waals surface area contributed by atoms with Crippen molar-refractivity contribution < 1.29 is 9.59 Å². The van der Waals surface area contributed by atoms with Gasteiger partial charge in [-0.15, -0.1) is 11.3 Å². The lowest BCUT2D eigenvalue weighted by atomic mass is 9.98. The number of hydrogen-bond acceptors (Lipinski definition) is 4. The summed E-state index contributed by atoms with van der Waals surface area (Å²) >= 11 is 1.40. The summed E-state index contributed by atoms with van der Waals surface area (Å²) in [5, 5.41) is 3.78. The van der Waals surface area contributed by atoms with Crippen molar-refractivity contribution in [2.75, 3.05) is 17.3 Å². The molecule has 1 aromatic heterocycles. The molecule has 0 aliphatic carbocycles. The van der Waals surface area contributed by atoms with E-state index in [2.05, 4.69) is 31.1 Å². The zero-order valence-electron chi connectivity index (χ0n) is 14.0. The summed E-state index contributed by atoms with van der Waals surface area (Å²) in [4.78, 5) is 30.1. The number of thiazole rings is 1. The van der Waals surface area contributed by atoms with E-state index in [1.807, 2.05) is 0 Å². The minimum absolute atomic E-state index is 0.0406. The second-order valence-electron chi connectivity index (χ2n) is 6.36. The van der Waals surface area contributed by atoms with Crippen molar-refractivity contribution in [1.29, 1.82) is 0 Å². The van der Waals surface area contributed by atoms with Gasteiger partial charge in [0.25, 0.3) is 5.91 Å². The van der Waals surface area contributed by atoms with Gasteiger partial charge in [-0.2, -0.15) is 0 Å². The lowest BCUT2D eigenvalue weighted by molar-refractivity contribution is -0.116. The largest absolute Gasteiger partial charge is 0.321 e. The molecule has 1 aromatic carbocycles. The molecule has 0 saturated carbocycles. The van der Waals surface area contributed by atoms with Crippen LogP contribution in [0.2, 0.25) is 0 Å². The number of carbonyl (C=O) groups is 2. The Hall–Kier alpha value is -2.21. The Morgan fingerprint density at radius 1 is 1.17 bits per heavy atom. The fourth-order valence-corrected chi connectivity index (χ4v) is 2.74. The van der Waals surface area contributed by atoms with Gasteiger partial charge in [0.1, 0.15) is 4.88 Å². The fourth-order valence-electron chi connectivity index (χ4n) is 1.87. The molecule has 2 rings (SSSR count). The van der Waals surface area contributed by atoms with Crippen LogP contribution < -0.4 is 10.2 Å². The summed E-state index contributed by atoms with van der Waals surface area (Å²) in [6.45, 7) is 7.71. The van der Waals surface area contributed by atoms with Crippen LogP contribution in [0.1, 0.15) is 42.4 Å². The van der Waals surface area contributed by atoms with Crippen molar-refractivity contribution in [2.24, 2.45) is 0 Å². The van der Waals surface area contributed by atoms with Gasteiger partial charge < -0.3 is 10.2 Å². The van der Waals surface area contributed by atoms with Crippen molar-refractivity contribution in [3.63, 3.8) is 0 Å². The highest BCUT2D eigenvalue weighted by Crippen LogP contribution is 2.27. The third-order valence-electron chi connectivity index (χ3n) is 3.36. The van der Waals surface area contributed by atoms with Crippen LogP contribution in [0, 0.1) is 0 Å². The van der Waals surface area contributed by atoms with Gasteiger partial charge in [0, 0.05) is 30.8 Å². The number of benzene rings is 1. The van der Waals surface area contributed by atoms with Gasteiger partial charge in [-0.25, -0.2) is 4.98 Å². The van der Waals surface area contributed by atoms with Crippen LogP contribution in [-0.4, -0.2) is 23.8 Å². The maximum Gasteiger partial charge on any atom is 0.267 e. The molecule has 1 N–H and O–H groups in total. The molecule has 0 spiro atoms. The SMILES string of the molecule is CC(=O)N(C)c1ccc(NC(=O)c2cnc(C(C)(C)C)s2)cc1. The van der Waals surface area contributed by atoms with E-state index >= 15 is 0 Å². The number of aromatic nitrogens is 1. The molecule has 5 nitrogen and oxygen atoms in total. The van der Waals surface area contributed by atoms with E-state index in [1.165, 1.54) is 18.3 Å². The second kappa shape index (κ2) is 6.50. The Morgan fingerprint density at radius 3 is 2.26 bits per heavy atom. The molecule has 0 fully saturated rings. The zero-order chi connectivity index (χ0) is 17.2. The van der Waals surface area contributed by atoms with E-state index in [-0.39, 0.29) is 17.2 Å². The molecule has 23 heavy (non-hydrogen) atoms. The van der Waals surface area contributed by atoms with Gasteiger partial charge >= 0.3 is 0 Å². The molecular weight excluding hydrogens is 310 g/mol. The van der Waals surface area contributed by atoms with Gasteiger partial charge in [0.15, 0.2) is 0 Å². The molecule has 2 amide bonds. The van der Waals surface area contributed by atoms with Gasteiger partial charge in [-0.05, 0) is 24.3 Å². The Balaban J connectivity index is 2.08. The predicted octanol–water partition coefficient (Wildman–Crippen LogP) is 3.68.